The molecular weight excluding hydrogens is 276 g/mol. The zero-order valence-electron chi connectivity index (χ0n) is 13.1. The van der Waals surface area contributed by atoms with E-state index in [1.165, 1.54) is 0 Å². The third-order valence-corrected chi connectivity index (χ3v) is 4.12. The third-order valence-electron chi connectivity index (χ3n) is 4.12. The largest absolute Gasteiger partial charge is 0.394 e. The summed E-state index contributed by atoms with van der Waals surface area (Å²) in [5, 5.41) is 10.3. The Kier molecular flexibility index (Phi) is 3.71. The molecule has 1 N–H and O–H groups in total. The monoisotopic (exact) mass is 296 g/mol. The van der Waals surface area contributed by atoms with Crippen LogP contribution in [0.5, 0.6) is 0 Å². The molecule has 1 aliphatic rings. The maximum absolute atomic E-state index is 13.0. The van der Waals surface area contributed by atoms with E-state index in [0.29, 0.717) is 12.1 Å². The maximum Gasteiger partial charge on any atom is 0.255 e. The molecular formula is C18H20N2O2. The molecule has 2 aromatic rings. The van der Waals surface area contributed by atoms with Gasteiger partial charge in [0.1, 0.15) is 0 Å². The van der Waals surface area contributed by atoms with Crippen LogP contribution in [0.1, 0.15) is 27.2 Å². The predicted molar refractivity (Wildman–Crippen MR) is 87.0 cm³/mol. The first-order chi connectivity index (χ1) is 10.5. The number of rotatable bonds is 2. The lowest BCUT2D eigenvalue weighted by Crippen LogP contribution is -2.38. The summed E-state index contributed by atoms with van der Waals surface area (Å²) >= 11 is 0. The number of amides is 1. The van der Waals surface area contributed by atoms with Crippen molar-refractivity contribution in [3.63, 3.8) is 0 Å². The van der Waals surface area contributed by atoms with Crippen molar-refractivity contribution >= 4 is 16.8 Å². The van der Waals surface area contributed by atoms with Crippen LogP contribution in [-0.2, 0) is 0 Å². The van der Waals surface area contributed by atoms with Gasteiger partial charge in [0.25, 0.3) is 5.91 Å². The SMILES string of the molecule is Cc1cc(C)c2nc(C)cc(C(=O)N3CC=CC3CO)c2c1. The molecule has 1 atom stereocenters. The Bertz CT molecular complexity index is 780. The summed E-state index contributed by atoms with van der Waals surface area (Å²) in [6, 6.07) is 5.70. The van der Waals surface area contributed by atoms with Gasteiger partial charge < -0.3 is 10.0 Å². The molecule has 1 unspecified atom stereocenters. The van der Waals surface area contributed by atoms with E-state index in [4.69, 9.17) is 0 Å². The molecule has 0 saturated heterocycles. The van der Waals surface area contributed by atoms with Crippen LogP contribution in [-0.4, -0.2) is 40.1 Å². The number of aryl methyl sites for hydroxylation is 3. The minimum atomic E-state index is -0.234. The van der Waals surface area contributed by atoms with Crippen LogP contribution < -0.4 is 0 Å². The number of fused-ring (bicyclic) bond motifs is 1. The van der Waals surface area contributed by atoms with E-state index in [2.05, 4.69) is 11.1 Å². The van der Waals surface area contributed by atoms with Gasteiger partial charge in [-0.25, -0.2) is 0 Å². The topological polar surface area (TPSA) is 53.4 Å². The Hall–Kier alpha value is -2.20. The van der Waals surface area contributed by atoms with Gasteiger partial charge in [0.15, 0.2) is 0 Å². The number of nitrogens with zero attached hydrogens (tertiary/aromatic N) is 2. The zero-order valence-corrected chi connectivity index (χ0v) is 13.1. The summed E-state index contributed by atoms with van der Waals surface area (Å²) in [7, 11) is 0. The van der Waals surface area contributed by atoms with Crippen LogP contribution in [0.3, 0.4) is 0 Å². The van der Waals surface area contributed by atoms with E-state index in [-0.39, 0.29) is 18.6 Å². The van der Waals surface area contributed by atoms with Crippen molar-refractivity contribution in [3.8, 4) is 0 Å². The Balaban J connectivity index is 2.16. The molecule has 1 aromatic carbocycles. The van der Waals surface area contributed by atoms with Crippen molar-refractivity contribution in [3.05, 3.63) is 52.7 Å². The van der Waals surface area contributed by atoms with Gasteiger partial charge in [0.05, 0.1) is 23.7 Å². The molecule has 4 nitrogen and oxygen atoms in total. The van der Waals surface area contributed by atoms with E-state index < -0.39 is 0 Å². The van der Waals surface area contributed by atoms with Crippen LogP contribution in [0.2, 0.25) is 0 Å². The highest BCUT2D eigenvalue weighted by molar-refractivity contribution is 6.07. The van der Waals surface area contributed by atoms with Gasteiger partial charge in [-0.2, -0.15) is 0 Å². The van der Waals surface area contributed by atoms with Gasteiger partial charge in [-0.05, 0) is 38.5 Å². The number of hydrogen-bond donors (Lipinski definition) is 1. The Morgan fingerprint density at radius 2 is 2.09 bits per heavy atom. The minimum absolute atomic E-state index is 0.0513. The molecule has 0 spiro atoms. The van der Waals surface area contributed by atoms with Crippen molar-refractivity contribution in [2.24, 2.45) is 0 Å². The molecule has 3 rings (SSSR count). The fraction of sp³-hybridized carbons (Fsp3) is 0.333. The van der Waals surface area contributed by atoms with Crippen molar-refractivity contribution in [2.75, 3.05) is 13.2 Å². The van der Waals surface area contributed by atoms with Crippen molar-refractivity contribution in [1.29, 1.82) is 0 Å². The van der Waals surface area contributed by atoms with E-state index in [1.807, 2.05) is 45.1 Å². The lowest BCUT2D eigenvalue weighted by Gasteiger charge is -2.24. The Morgan fingerprint density at radius 3 is 2.82 bits per heavy atom. The van der Waals surface area contributed by atoms with Crippen molar-refractivity contribution in [2.45, 2.75) is 26.8 Å². The van der Waals surface area contributed by atoms with Crippen LogP contribution in [0.4, 0.5) is 0 Å². The number of benzene rings is 1. The second kappa shape index (κ2) is 5.54. The van der Waals surface area contributed by atoms with E-state index in [9.17, 15) is 9.90 Å². The first-order valence-corrected chi connectivity index (χ1v) is 7.48. The number of aliphatic hydroxyl groups is 1. The quantitative estimate of drug-likeness (QED) is 0.866. The minimum Gasteiger partial charge on any atom is -0.394 e. The number of aliphatic hydroxyl groups excluding tert-OH is 1. The Morgan fingerprint density at radius 1 is 1.32 bits per heavy atom. The highest BCUT2D eigenvalue weighted by Gasteiger charge is 2.26. The summed E-state index contributed by atoms with van der Waals surface area (Å²) < 4.78 is 0. The fourth-order valence-corrected chi connectivity index (χ4v) is 3.10. The average molecular weight is 296 g/mol. The first kappa shape index (κ1) is 14.7. The number of carbonyl (C=O) groups is 1. The molecule has 0 saturated carbocycles. The fourth-order valence-electron chi connectivity index (χ4n) is 3.10. The van der Waals surface area contributed by atoms with Gasteiger partial charge >= 0.3 is 0 Å². The van der Waals surface area contributed by atoms with Gasteiger partial charge in [-0.1, -0.05) is 23.8 Å². The van der Waals surface area contributed by atoms with Crippen LogP contribution in [0.25, 0.3) is 10.9 Å². The summed E-state index contributed by atoms with van der Waals surface area (Å²) in [4.78, 5) is 19.2. The Labute approximate surface area is 130 Å². The molecule has 1 amide bonds. The standard InChI is InChI=1S/C18H20N2O2/c1-11-7-12(2)17-15(8-11)16(9-13(3)19-17)18(22)20-6-4-5-14(20)10-21/h4-5,7-9,14,21H,6,10H2,1-3H3. The zero-order chi connectivity index (χ0) is 15.9. The second-order valence-corrected chi connectivity index (χ2v) is 5.92. The molecule has 2 heterocycles. The lowest BCUT2D eigenvalue weighted by molar-refractivity contribution is 0.0702. The van der Waals surface area contributed by atoms with E-state index >= 15 is 0 Å². The first-order valence-electron chi connectivity index (χ1n) is 7.48. The van der Waals surface area contributed by atoms with Gasteiger partial charge in [0.2, 0.25) is 0 Å². The summed E-state index contributed by atoms with van der Waals surface area (Å²) in [6.45, 7) is 6.43. The van der Waals surface area contributed by atoms with Crippen LogP contribution in [0.15, 0.2) is 30.4 Å². The number of hydrogen-bond acceptors (Lipinski definition) is 3. The molecule has 0 fully saturated rings. The number of pyridine rings is 1. The molecule has 22 heavy (non-hydrogen) atoms. The molecule has 1 aromatic heterocycles. The average Bonchev–Trinajstić information content (AvgIpc) is 2.95. The summed E-state index contributed by atoms with van der Waals surface area (Å²) in [6.07, 6.45) is 3.80. The molecule has 1 aliphatic heterocycles. The van der Waals surface area contributed by atoms with E-state index in [1.54, 1.807) is 4.90 Å². The van der Waals surface area contributed by atoms with Gasteiger partial charge in [-0.3, -0.25) is 9.78 Å². The molecule has 0 radical (unpaired) electrons. The third kappa shape index (κ3) is 2.40. The normalized spacial score (nSPS) is 17.5. The highest BCUT2D eigenvalue weighted by Crippen LogP contribution is 2.26. The smallest absolute Gasteiger partial charge is 0.255 e. The van der Waals surface area contributed by atoms with Crippen molar-refractivity contribution < 1.29 is 9.90 Å². The summed E-state index contributed by atoms with van der Waals surface area (Å²) in [5.41, 5.74) is 4.56. The molecule has 0 aliphatic carbocycles. The summed E-state index contributed by atoms with van der Waals surface area (Å²) in [5.74, 6) is -0.0513. The second-order valence-electron chi connectivity index (χ2n) is 5.92. The van der Waals surface area contributed by atoms with Crippen molar-refractivity contribution in [1.82, 2.24) is 9.88 Å². The molecule has 0 bridgehead atoms. The number of carbonyl (C=O) groups excluding carboxylic acids is 1. The highest BCUT2D eigenvalue weighted by atomic mass is 16.3. The van der Waals surface area contributed by atoms with Crippen LogP contribution >= 0.6 is 0 Å². The predicted octanol–water partition coefficient (Wildman–Crippen LogP) is 2.53. The maximum atomic E-state index is 13.0. The molecule has 114 valence electrons. The van der Waals surface area contributed by atoms with Gasteiger partial charge in [0, 0.05) is 17.6 Å². The number of aromatic nitrogens is 1. The van der Waals surface area contributed by atoms with Gasteiger partial charge in [-0.15, -0.1) is 0 Å². The van der Waals surface area contributed by atoms with Crippen LogP contribution in [0, 0.1) is 20.8 Å². The van der Waals surface area contributed by atoms with E-state index in [0.717, 1.165) is 27.7 Å². The molecule has 4 heteroatoms. The lowest BCUT2D eigenvalue weighted by atomic mass is 10.0.